The van der Waals surface area contributed by atoms with E-state index < -0.39 is 17.3 Å². The van der Waals surface area contributed by atoms with E-state index in [1.165, 1.54) is 12.1 Å². The van der Waals surface area contributed by atoms with Crippen LogP contribution in [0.1, 0.15) is 43.0 Å². The molecule has 0 bridgehead atoms. The summed E-state index contributed by atoms with van der Waals surface area (Å²) in [6, 6.07) is 8.75. The number of carbonyl (C=O) groups excluding carboxylic acids is 1. The molecule has 1 aromatic carbocycles. The van der Waals surface area contributed by atoms with Crippen molar-refractivity contribution >= 4 is 5.91 Å². The minimum atomic E-state index is -4.34. The lowest BCUT2D eigenvalue weighted by Gasteiger charge is -2.33. The second-order valence-corrected chi connectivity index (χ2v) is 7.22. The molecule has 2 aliphatic heterocycles. The van der Waals surface area contributed by atoms with E-state index in [0.29, 0.717) is 12.1 Å². The molecule has 2 unspecified atom stereocenters. The molecule has 2 saturated heterocycles. The van der Waals surface area contributed by atoms with Crippen LogP contribution < -0.4 is 10.6 Å². The summed E-state index contributed by atoms with van der Waals surface area (Å²) in [5.74, 6) is 0.0511. The molecule has 1 aromatic heterocycles. The van der Waals surface area contributed by atoms with Gasteiger partial charge in [-0.3, -0.25) is 15.1 Å². The van der Waals surface area contributed by atoms with Crippen LogP contribution in [-0.2, 0) is 11.0 Å². The molecule has 2 atom stereocenters. The lowest BCUT2D eigenvalue weighted by molar-refractivity contribution is -0.137. The second kappa shape index (κ2) is 6.64. The molecule has 2 N–H and O–H groups in total. The van der Waals surface area contributed by atoms with E-state index in [-0.39, 0.29) is 11.9 Å². The number of aromatic nitrogens is 1. The molecular weight excluding hydrogens is 355 g/mol. The highest BCUT2D eigenvalue weighted by atomic mass is 19.4. The van der Waals surface area contributed by atoms with Crippen molar-refractivity contribution in [2.45, 2.75) is 43.4 Å². The minimum Gasteiger partial charge on any atom is -0.354 e. The van der Waals surface area contributed by atoms with Crippen LogP contribution >= 0.6 is 0 Å². The lowest BCUT2D eigenvalue weighted by atomic mass is 9.88. The summed E-state index contributed by atoms with van der Waals surface area (Å²) in [6.07, 6.45) is 0.644. The monoisotopic (exact) mass is 375 g/mol. The van der Waals surface area contributed by atoms with Crippen LogP contribution in [0.2, 0.25) is 0 Å². The fourth-order valence-electron chi connectivity index (χ4n) is 4.01. The van der Waals surface area contributed by atoms with Crippen molar-refractivity contribution in [1.29, 1.82) is 0 Å². The quantitative estimate of drug-likeness (QED) is 0.839. The molecule has 0 radical (unpaired) electrons. The zero-order valence-electron chi connectivity index (χ0n) is 14.6. The predicted octanol–water partition coefficient (Wildman–Crippen LogP) is 3.84. The third-order valence-electron chi connectivity index (χ3n) is 5.49. The number of nitrogens with one attached hydrogen (secondary N) is 2. The van der Waals surface area contributed by atoms with E-state index in [4.69, 9.17) is 0 Å². The minimum absolute atomic E-state index is 0.0387. The Morgan fingerprint density at radius 1 is 1.07 bits per heavy atom. The number of amides is 1. The van der Waals surface area contributed by atoms with E-state index in [1.54, 1.807) is 12.3 Å². The zero-order valence-corrected chi connectivity index (χ0v) is 14.6. The molecule has 0 aliphatic carbocycles. The molecule has 3 heterocycles. The van der Waals surface area contributed by atoms with Crippen LogP contribution in [0.5, 0.6) is 0 Å². The standard InChI is InChI=1S/C20H20F3N3O/c21-20(22,23)15-4-2-13(3-5-15)14-7-11-24-17(12-14)16-6-9-19(26-16)8-1-10-25-18(19)27/h2-5,7,11-12,16,26H,1,6,8-10H2,(H,25,27). The maximum absolute atomic E-state index is 12.7. The van der Waals surface area contributed by atoms with Crippen LogP contribution in [0.25, 0.3) is 11.1 Å². The summed E-state index contributed by atoms with van der Waals surface area (Å²) in [4.78, 5) is 16.7. The fraction of sp³-hybridized carbons (Fsp3) is 0.400. The summed E-state index contributed by atoms with van der Waals surface area (Å²) >= 11 is 0. The Bertz CT molecular complexity index is 850. The third kappa shape index (κ3) is 3.43. The van der Waals surface area contributed by atoms with Gasteiger partial charge in [-0.1, -0.05) is 12.1 Å². The first-order valence-electron chi connectivity index (χ1n) is 9.07. The Morgan fingerprint density at radius 2 is 1.85 bits per heavy atom. The molecule has 2 fully saturated rings. The molecule has 27 heavy (non-hydrogen) atoms. The topological polar surface area (TPSA) is 54.0 Å². The second-order valence-electron chi connectivity index (χ2n) is 7.22. The van der Waals surface area contributed by atoms with E-state index >= 15 is 0 Å². The maximum atomic E-state index is 12.7. The number of piperidine rings is 1. The maximum Gasteiger partial charge on any atom is 0.416 e. The number of hydrogen-bond acceptors (Lipinski definition) is 3. The molecule has 4 rings (SSSR count). The van der Waals surface area contributed by atoms with E-state index in [2.05, 4.69) is 15.6 Å². The van der Waals surface area contributed by atoms with Gasteiger partial charge >= 0.3 is 6.18 Å². The lowest BCUT2D eigenvalue weighted by Crippen LogP contribution is -2.57. The number of pyridine rings is 1. The highest BCUT2D eigenvalue weighted by Gasteiger charge is 2.46. The van der Waals surface area contributed by atoms with Crippen LogP contribution in [0.15, 0.2) is 42.6 Å². The summed E-state index contributed by atoms with van der Waals surface area (Å²) in [7, 11) is 0. The van der Waals surface area contributed by atoms with Crippen LogP contribution in [0.3, 0.4) is 0 Å². The first-order valence-corrected chi connectivity index (χ1v) is 9.07. The Balaban J connectivity index is 1.56. The number of rotatable bonds is 2. The smallest absolute Gasteiger partial charge is 0.354 e. The van der Waals surface area contributed by atoms with Crippen molar-refractivity contribution in [3.05, 3.63) is 53.9 Å². The number of carbonyl (C=O) groups is 1. The van der Waals surface area contributed by atoms with Gasteiger partial charge in [0.15, 0.2) is 0 Å². The van der Waals surface area contributed by atoms with Gasteiger partial charge in [0, 0.05) is 12.7 Å². The van der Waals surface area contributed by atoms with Gasteiger partial charge in [-0.15, -0.1) is 0 Å². The summed E-state index contributed by atoms with van der Waals surface area (Å²) in [5, 5.41) is 6.38. The SMILES string of the molecule is O=C1NCCCC12CCC(c1cc(-c3ccc(C(F)(F)F)cc3)ccn1)N2. The average molecular weight is 375 g/mol. The van der Waals surface area contributed by atoms with E-state index in [9.17, 15) is 18.0 Å². The van der Waals surface area contributed by atoms with Crippen molar-refractivity contribution in [1.82, 2.24) is 15.6 Å². The van der Waals surface area contributed by atoms with Gasteiger partial charge in [-0.25, -0.2) is 0 Å². The predicted molar refractivity (Wildman–Crippen MR) is 94.8 cm³/mol. The van der Waals surface area contributed by atoms with Crippen molar-refractivity contribution in [2.75, 3.05) is 6.54 Å². The fourth-order valence-corrected chi connectivity index (χ4v) is 4.01. The van der Waals surface area contributed by atoms with Crippen LogP contribution in [0, 0.1) is 0 Å². The first kappa shape index (κ1) is 18.0. The summed E-state index contributed by atoms with van der Waals surface area (Å²) in [6.45, 7) is 0.717. The Morgan fingerprint density at radius 3 is 2.56 bits per heavy atom. The van der Waals surface area contributed by atoms with Crippen molar-refractivity contribution in [3.8, 4) is 11.1 Å². The highest BCUT2D eigenvalue weighted by Crippen LogP contribution is 2.37. The Kier molecular flexibility index (Phi) is 4.42. The van der Waals surface area contributed by atoms with E-state index in [1.807, 2.05) is 6.07 Å². The largest absolute Gasteiger partial charge is 0.416 e. The van der Waals surface area contributed by atoms with Crippen molar-refractivity contribution in [3.63, 3.8) is 0 Å². The summed E-state index contributed by atoms with van der Waals surface area (Å²) in [5.41, 5.74) is 1.14. The van der Waals surface area contributed by atoms with Gasteiger partial charge < -0.3 is 5.32 Å². The van der Waals surface area contributed by atoms with Gasteiger partial charge in [0.05, 0.1) is 22.8 Å². The van der Waals surface area contributed by atoms with Gasteiger partial charge in [0.2, 0.25) is 5.91 Å². The molecule has 142 valence electrons. The van der Waals surface area contributed by atoms with E-state index in [0.717, 1.165) is 49.1 Å². The molecule has 7 heteroatoms. The zero-order chi connectivity index (χ0) is 19.1. The van der Waals surface area contributed by atoms with Crippen LogP contribution in [0.4, 0.5) is 13.2 Å². The molecular formula is C20H20F3N3O. The molecule has 4 nitrogen and oxygen atoms in total. The van der Waals surface area contributed by atoms with Gasteiger partial charge in [0.1, 0.15) is 0 Å². The Labute approximate surface area is 155 Å². The van der Waals surface area contributed by atoms with Crippen molar-refractivity contribution in [2.24, 2.45) is 0 Å². The number of benzene rings is 1. The van der Waals surface area contributed by atoms with Gasteiger partial charge in [-0.05, 0) is 61.1 Å². The number of halogens is 3. The summed E-state index contributed by atoms with van der Waals surface area (Å²) < 4.78 is 38.2. The molecule has 0 saturated carbocycles. The van der Waals surface area contributed by atoms with Gasteiger partial charge in [-0.2, -0.15) is 13.2 Å². The molecule has 2 aliphatic rings. The highest BCUT2D eigenvalue weighted by molar-refractivity contribution is 5.87. The number of nitrogens with zero attached hydrogens (tertiary/aromatic N) is 1. The molecule has 1 spiro atoms. The van der Waals surface area contributed by atoms with Gasteiger partial charge in [0.25, 0.3) is 0 Å². The number of alkyl halides is 3. The first-order chi connectivity index (χ1) is 12.9. The van der Waals surface area contributed by atoms with Crippen LogP contribution in [-0.4, -0.2) is 23.0 Å². The van der Waals surface area contributed by atoms with Crippen molar-refractivity contribution < 1.29 is 18.0 Å². The average Bonchev–Trinajstić information content (AvgIpc) is 3.09. The number of hydrogen-bond donors (Lipinski definition) is 2. The Hall–Kier alpha value is -2.41. The molecule has 2 aromatic rings. The third-order valence-corrected chi connectivity index (χ3v) is 5.49. The molecule has 1 amide bonds. The normalized spacial score (nSPS) is 25.6.